The highest BCUT2D eigenvalue weighted by Gasteiger charge is 2.25. The molecule has 2 saturated heterocycles. The number of rotatable bonds is 4. The quantitative estimate of drug-likeness (QED) is 0.630. The lowest BCUT2D eigenvalue weighted by Crippen LogP contribution is -2.56. The van der Waals surface area contributed by atoms with Gasteiger partial charge in [0, 0.05) is 45.8 Å². The normalized spacial score (nSPS) is 27.1. The lowest BCUT2D eigenvalue weighted by atomic mass is 10.2. The maximum Gasteiger partial charge on any atom is 0.238 e. The minimum absolute atomic E-state index is 0.0246. The Morgan fingerprint density at radius 2 is 2.17 bits per heavy atom. The number of carbonyl (C=O) groups excluding carboxylic acids is 1. The van der Waals surface area contributed by atoms with Crippen LogP contribution >= 0.6 is 0 Å². The molecule has 0 radical (unpaired) electrons. The predicted octanol–water partition coefficient (Wildman–Crippen LogP) is -1.66. The van der Waals surface area contributed by atoms with Crippen molar-refractivity contribution in [1.29, 1.82) is 0 Å². The van der Waals surface area contributed by atoms with Crippen LogP contribution in [0.2, 0.25) is 0 Å². The fourth-order valence-corrected chi connectivity index (χ4v) is 2.38. The molecular formula is C12H24N4O2. The molecule has 18 heavy (non-hydrogen) atoms. The molecule has 1 unspecified atom stereocenters. The number of hydrogen-bond acceptors (Lipinski definition) is 5. The second-order valence-electron chi connectivity index (χ2n) is 4.95. The molecule has 6 heteroatoms. The number of nitrogens with one attached hydrogen (secondary N) is 2. The highest BCUT2D eigenvalue weighted by atomic mass is 16.5. The first-order valence-corrected chi connectivity index (χ1v) is 6.76. The van der Waals surface area contributed by atoms with Crippen molar-refractivity contribution in [3.63, 3.8) is 0 Å². The van der Waals surface area contributed by atoms with Gasteiger partial charge in [-0.05, 0) is 7.05 Å². The van der Waals surface area contributed by atoms with Gasteiger partial charge >= 0.3 is 0 Å². The van der Waals surface area contributed by atoms with Gasteiger partial charge in [0.2, 0.25) is 5.91 Å². The highest BCUT2D eigenvalue weighted by molar-refractivity contribution is 5.82. The first-order chi connectivity index (χ1) is 8.77. The molecule has 2 heterocycles. The van der Waals surface area contributed by atoms with Gasteiger partial charge in [-0.25, -0.2) is 0 Å². The van der Waals surface area contributed by atoms with E-state index >= 15 is 0 Å². The zero-order valence-corrected chi connectivity index (χ0v) is 11.2. The summed E-state index contributed by atoms with van der Waals surface area (Å²) in [5.74, 6) is 0.137. The van der Waals surface area contributed by atoms with Crippen molar-refractivity contribution in [3.05, 3.63) is 0 Å². The van der Waals surface area contributed by atoms with Crippen LogP contribution in [-0.4, -0.2) is 87.8 Å². The average molecular weight is 256 g/mol. The van der Waals surface area contributed by atoms with Gasteiger partial charge < -0.3 is 15.4 Å². The van der Waals surface area contributed by atoms with E-state index in [0.29, 0.717) is 0 Å². The zero-order chi connectivity index (χ0) is 12.8. The Balaban J connectivity index is 1.64. The second kappa shape index (κ2) is 7.04. The molecule has 6 nitrogen and oxygen atoms in total. The summed E-state index contributed by atoms with van der Waals surface area (Å²) in [6, 6.07) is -0.0246. The molecule has 0 bridgehead atoms. The first-order valence-electron chi connectivity index (χ1n) is 6.76. The summed E-state index contributed by atoms with van der Waals surface area (Å²) >= 11 is 0. The molecule has 2 rings (SSSR count). The summed E-state index contributed by atoms with van der Waals surface area (Å²) in [7, 11) is 2.01. The van der Waals surface area contributed by atoms with E-state index < -0.39 is 0 Å². The van der Waals surface area contributed by atoms with Crippen LogP contribution in [0, 0.1) is 0 Å². The minimum Gasteiger partial charge on any atom is -0.379 e. The van der Waals surface area contributed by atoms with E-state index in [2.05, 4.69) is 20.4 Å². The Bertz CT molecular complexity index is 269. The number of amides is 1. The molecule has 2 aliphatic rings. The summed E-state index contributed by atoms with van der Waals surface area (Å²) in [5.41, 5.74) is 0. The van der Waals surface area contributed by atoms with Crippen molar-refractivity contribution in [3.8, 4) is 0 Å². The van der Waals surface area contributed by atoms with Crippen molar-refractivity contribution >= 4 is 5.91 Å². The summed E-state index contributed by atoms with van der Waals surface area (Å²) in [5, 5.41) is 6.28. The van der Waals surface area contributed by atoms with Crippen LogP contribution in [0.15, 0.2) is 0 Å². The number of morpholine rings is 1. The molecule has 0 aromatic carbocycles. The molecule has 0 saturated carbocycles. The number of ether oxygens (including phenoxy) is 1. The number of nitrogens with zero attached hydrogens (tertiary/aromatic N) is 2. The lowest BCUT2D eigenvalue weighted by molar-refractivity contribution is -0.126. The smallest absolute Gasteiger partial charge is 0.238 e. The molecule has 0 aromatic heterocycles. The predicted molar refractivity (Wildman–Crippen MR) is 69.6 cm³/mol. The van der Waals surface area contributed by atoms with Crippen molar-refractivity contribution in [2.75, 3.05) is 66.1 Å². The van der Waals surface area contributed by atoms with Crippen molar-refractivity contribution < 1.29 is 9.53 Å². The number of piperazine rings is 1. The van der Waals surface area contributed by atoms with Gasteiger partial charge in [-0.15, -0.1) is 0 Å². The van der Waals surface area contributed by atoms with Crippen LogP contribution in [0.25, 0.3) is 0 Å². The SMILES string of the molecule is CN1CCNCC1C(=O)NCCN1CCOCC1. The Morgan fingerprint density at radius 3 is 2.89 bits per heavy atom. The van der Waals surface area contributed by atoms with Gasteiger partial charge in [0.15, 0.2) is 0 Å². The van der Waals surface area contributed by atoms with Gasteiger partial charge in [-0.3, -0.25) is 14.6 Å². The monoisotopic (exact) mass is 256 g/mol. The van der Waals surface area contributed by atoms with Crippen LogP contribution in [0.4, 0.5) is 0 Å². The van der Waals surface area contributed by atoms with Gasteiger partial charge in [0.1, 0.15) is 6.04 Å². The average Bonchev–Trinajstić information content (AvgIpc) is 2.40. The third-order valence-corrected chi connectivity index (χ3v) is 3.64. The topological polar surface area (TPSA) is 56.8 Å². The second-order valence-corrected chi connectivity index (χ2v) is 4.95. The number of carbonyl (C=O) groups is 1. The maximum atomic E-state index is 12.0. The zero-order valence-electron chi connectivity index (χ0n) is 11.2. The van der Waals surface area contributed by atoms with Crippen molar-refractivity contribution in [1.82, 2.24) is 20.4 Å². The van der Waals surface area contributed by atoms with Gasteiger partial charge in [0.05, 0.1) is 13.2 Å². The van der Waals surface area contributed by atoms with E-state index in [-0.39, 0.29) is 11.9 Å². The summed E-state index contributed by atoms with van der Waals surface area (Å²) in [6.07, 6.45) is 0. The molecule has 0 aromatic rings. The van der Waals surface area contributed by atoms with E-state index in [1.807, 2.05) is 7.05 Å². The summed E-state index contributed by atoms with van der Waals surface area (Å²) < 4.78 is 5.29. The molecule has 2 aliphatic heterocycles. The van der Waals surface area contributed by atoms with E-state index in [1.165, 1.54) is 0 Å². The molecule has 0 spiro atoms. The molecule has 104 valence electrons. The fraction of sp³-hybridized carbons (Fsp3) is 0.917. The molecule has 0 aliphatic carbocycles. The van der Waals surface area contributed by atoms with Gasteiger partial charge in [-0.1, -0.05) is 0 Å². The van der Waals surface area contributed by atoms with E-state index in [0.717, 1.165) is 59.0 Å². The van der Waals surface area contributed by atoms with Gasteiger partial charge in [0.25, 0.3) is 0 Å². The highest BCUT2D eigenvalue weighted by Crippen LogP contribution is 2.00. The molecular weight excluding hydrogens is 232 g/mol. The third kappa shape index (κ3) is 3.91. The third-order valence-electron chi connectivity index (χ3n) is 3.64. The van der Waals surface area contributed by atoms with Crippen LogP contribution in [0.3, 0.4) is 0 Å². The standard InChI is InChI=1S/C12H24N4O2/c1-15-4-2-13-10-11(15)12(17)14-3-5-16-6-8-18-9-7-16/h11,13H,2-10H2,1H3,(H,14,17). The van der Waals surface area contributed by atoms with E-state index in [4.69, 9.17) is 4.74 Å². The Kier molecular flexibility index (Phi) is 5.37. The largest absolute Gasteiger partial charge is 0.379 e. The molecule has 1 amide bonds. The molecule has 2 fully saturated rings. The minimum atomic E-state index is -0.0246. The van der Waals surface area contributed by atoms with Crippen LogP contribution in [0.5, 0.6) is 0 Å². The van der Waals surface area contributed by atoms with Gasteiger partial charge in [-0.2, -0.15) is 0 Å². The number of likely N-dealkylation sites (N-methyl/N-ethyl adjacent to an activating group) is 1. The van der Waals surface area contributed by atoms with Crippen molar-refractivity contribution in [2.45, 2.75) is 6.04 Å². The van der Waals surface area contributed by atoms with E-state index in [1.54, 1.807) is 0 Å². The van der Waals surface area contributed by atoms with Crippen molar-refractivity contribution in [2.24, 2.45) is 0 Å². The summed E-state index contributed by atoms with van der Waals surface area (Å²) in [4.78, 5) is 16.5. The van der Waals surface area contributed by atoms with Crippen LogP contribution in [-0.2, 0) is 9.53 Å². The number of hydrogen-bond donors (Lipinski definition) is 2. The van der Waals surface area contributed by atoms with E-state index in [9.17, 15) is 4.79 Å². The molecule has 2 N–H and O–H groups in total. The Labute approximate surface area is 109 Å². The van der Waals surface area contributed by atoms with Crippen LogP contribution < -0.4 is 10.6 Å². The fourth-order valence-electron chi connectivity index (χ4n) is 2.38. The van der Waals surface area contributed by atoms with Crippen LogP contribution in [0.1, 0.15) is 0 Å². The Morgan fingerprint density at radius 1 is 1.39 bits per heavy atom. The molecule has 1 atom stereocenters. The first kappa shape index (κ1) is 13.7. The Hall–Kier alpha value is -0.690. The lowest BCUT2D eigenvalue weighted by Gasteiger charge is -2.32. The maximum absolute atomic E-state index is 12.0. The summed E-state index contributed by atoms with van der Waals surface area (Å²) in [6.45, 7) is 7.85.